The van der Waals surface area contributed by atoms with Crippen molar-refractivity contribution in [2.45, 2.75) is 0 Å². The van der Waals surface area contributed by atoms with E-state index >= 15 is 0 Å². The zero-order chi connectivity index (χ0) is 19.0. The van der Waals surface area contributed by atoms with E-state index in [-0.39, 0.29) is 5.75 Å². The molecule has 2 N–H and O–H groups in total. The number of nitrogens with one attached hydrogen (secondary N) is 1. The second kappa shape index (κ2) is 7.10. The van der Waals surface area contributed by atoms with E-state index in [0.29, 0.717) is 28.2 Å². The number of hydrogen-bond acceptors (Lipinski definition) is 5. The molecule has 1 aliphatic heterocycles. The summed E-state index contributed by atoms with van der Waals surface area (Å²) in [6.07, 6.45) is 3.77. The molecule has 5 nitrogen and oxygen atoms in total. The van der Waals surface area contributed by atoms with Crippen LogP contribution in [0.3, 0.4) is 0 Å². The summed E-state index contributed by atoms with van der Waals surface area (Å²) in [5.74, 6) is 1.44. The Morgan fingerprint density at radius 1 is 1.11 bits per heavy atom. The highest BCUT2D eigenvalue weighted by Crippen LogP contribution is 2.37. The number of nitrogens with zero attached hydrogens (tertiary/aromatic N) is 3. The van der Waals surface area contributed by atoms with Gasteiger partial charge in [-0.05, 0) is 35.9 Å². The van der Waals surface area contributed by atoms with Crippen molar-refractivity contribution in [3.05, 3.63) is 69.8 Å². The van der Waals surface area contributed by atoms with E-state index in [1.54, 1.807) is 24.4 Å². The molecule has 1 aromatic heterocycles. The maximum absolute atomic E-state index is 9.59. The van der Waals surface area contributed by atoms with Gasteiger partial charge in [0.15, 0.2) is 0 Å². The molecule has 0 fully saturated rings. The Hall–Kier alpha value is -2.76. The Labute approximate surface area is 166 Å². The molecule has 1 aliphatic rings. The Bertz CT molecular complexity index is 1030. The van der Waals surface area contributed by atoms with Gasteiger partial charge in [-0.2, -0.15) is 4.98 Å². The number of halogens is 2. The Kier molecular flexibility index (Phi) is 4.64. The van der Waals surface area contributed by atoms with Gasteiger partial charge < -0.3 is 15.3 Å². The predicted octanol–water partition coefficient (Wildman–Crippen LogP) is 5.22. The van der Waals surface area contributed by atoms with E-state index in [1.807, 2.05) is 42.3 Å². The van der Waals surface area contributed by atoms with Gasteiger partial charge in [-0.1, -0.05) is 35.3 Å². The van der Waals surface area contributed by atoms with E-state index in [1.165, 1.54) is 0 Å². The number of rotatable bonds is 3. The molecule has 0 atom stereocenters. The first-order valence-electron chi connectivity index (χ1n) is 8.30. The predicted molar refractivity (Wildman–Crippen MR) is 111 cm³/mol. The summed E-state index contributed by atoms with van der Waals surface area (Å²) < 4.78 is 0. The molecule has 0 unspecified atom stereocenters. The van der Waals surface area contributed by atoms with Crippen LogP contribution in [0.15, 0.2) is 48.7 Å². The molecule has 0 saturated heterocycles. The standard InChI is InChI=1S/C20H16Cl2N4O/c1-26-11-13(18-16(21)6-3-7-17(18)22)8-12-10-23-20(25-19(12)26)24-14-4-2-5-15(27)9-14/h2-10,27H,11H2,1H3,(H,23,24,25). The van der Waals surface area contributed by atoms with Crippen LogP contribution >= 0.6 is 23.2 Å². The molecule has 0 spiro atoms. The van der Waals surface area contributed by atoms with Gasteiger partial charge in [0.2, 0.25) is 5.95 Å². The van der Waals surface area contributed by atoms with Gasteiger partial charge >= 0.3 is 0 Å². The number of phenols is 1. The molecule has 136 valence electrons. The lowest BCUT2D eigenvalue weighted by atomic mass is 10.00. The largest absolute Gasteiger partial charge is 0.508 e. The van der Waals surface area contributed by atoms with Crippen molar-refractivity contribution in [2.75, 3.05) is 23.8 Å². The number of anilines is 3. The van der Waals surface area contributed by atoms with Crippen LogP contribution in [0, 0.1) is 0 Å². The van der Waals surface area contributed by atoms with E-state index in [2.05, 4.69) is 15.3 Å². The van der Waals surface area contributed by atoms with Crippen LogP contribution in [0.4, 0.5) is 17.5 Å². The van der Waals surface area contributed by atoms with Crippen molar-refractivity contribution in [3.8, 4) is 5.75 Å². The van der Waals surface area contributed by atoms with E-state index < -0.39 is 0 Å². The minimum absolute atomic E-state index is 0.180. The zero-order valence-electron chi connectivity index (χ0n) is 14.4. The molecule has 0 amide bonds. The first-order valence-corrected chi connectivity index (χ1v) is 9.06. The number of benzene rings is 2. The van der Waals surface area contributed by atoms with Crippen LogP contribution in [0.5, 0.6) is 5.75 Å². The highest BCUT2D eigenvalue weighted by atomic mass is 35.5. The minimum Gasteiger partial charge on any atom is -0.508 e. The number of likely N-dealkylation sites (N-methyl/N-ethyl adjacent to an activating group) is 1. The molecular weight excluding hydrogens is 383 g/mol. The quantitative estimate of drug-likeness (QED) is 0.632. The topological polar surface area (TPSA) is 61.3 Å². The highest BCUT2D eigenvalue weighted by Gasteiger charge is 2.21. The van der Waals surface area contributed by atoms with Crippen molar-refractivity contribution in [2.24, 2.45) is 0 Å². The summed E-state index contributed by atoms with van der Waals surface area (Å²) in [6, 6.07) is 12.3. The third-order valence-electron chi connectivity index (χ3n) is 4.28. The summed E-state index contributed by atoms with van der Waals surface area (Å²) >= 11 is 12.7. The molecule has 0 bridgehead atoms. The fourth-order valence-corrected chi connectivity index (χ4v) is 3.72. The Morgan fingerprint density at radius 2 is 1.85 bits per heavy atom. The molecule has 4 rings (SSSR count). The summed E-state index contributed by atoms with van der Waals surface area (Å²) in [5.41, 5.74) is 3.45. The normalized spacial score (nSPS) is 13.1. The number of fused-ring (bicyclic) bond motifs is 1. The van der Waals surface area contributed by atoms with Gasteiger partial charge in [-0.15, -0.1) is 0 Å². The summed E-state index contributed by atoms with van der Waals surface area (Å²) in [5, 5.41) is 13.9. The van der Waals surface area contributed by atoms with Crippen molar-refractivity contribution in [3.63, 3.8) is 0 Å². The van der Waals surface area contributed by atoms with E-state index in [9.17, 15) is 5.11 Å². The molecule has 7 heteroatoms. The third kappa shape index (κ3) is 3.56. The molecule has 3 aromatic rings. The SMILES string of the molecule is CN1CC(c2c(Cl)cccc2Cl)=Cc2cnc(Nc3cccc(O)c3)nc21. The molecule has 0 saturated carbocycles. The number of aromatic nitrogens is 2. The van der Waals surface area contributed by atoms with Crippen LogP contribution < -0.4 is 10.2 Å². The average molecular weight is 399 g/mol. The van der Waals surface area contributed by atoms with Crippen LogP contribution in [0.25, 0.3) is 11.6 Å². The average Bonchev–Trinajstić information content (AvgIpc) is 2.62. The second-order valence-electron chi connectivity index (χ2n) is 6.27. The molecule has 0 aliphatic carbocycles. The van der Waals surface area contributed by atoms with Crippen LogP contribution in [0.2, 0.25) is 10.0 Å². The monoisotopic (exact) mass is 398 g/mol. The Morgan fingerprint density at radius 3 is 2.59 bits per heavy atom. The van der Waals surface area contributed by atoms with E-state index in [4.69, 9.17) is 23.2 Å². The van der Waals surface area contributed by atoms with Gasteiger partial charge in [0.25, 0.3) is 0 Å². The van der Waals surface area contributed by atoms with Gasteiger partial charge in [-0.3, -0.25) is 0 Å². The number of aromatic hydroxyl groups is 1. The van der Waals surface area contributed by atoms with Crippen molar-refractivity contribution in [1.29, 1.82) is 0 Å². The first-order chi connectivity index (χ1) is 13.0. The maximum Gasteiger partial charge on any atom is 0.229 e. The van der Waals surface area contributed by atoms with Gasteiger partial charge in [0, 0.05) is 52.7 Å². The van der Waals surface area contributed by atoms with Crippen LogP contribution in [-0.4, -0.2) is 28.7 Å². The molecule has 2 heterocycles. The Balaban J connectivity index is 1.69. The number of hydrogen-bond donors (Lipinski definition) is 2. The minimum atomic E-state index is 0.180. The van der Waals surface area contributed by atoms with Gasteiger partial charge in [0.05, 0.1) is 0 Å². The first kappa shape index (κ1) is 17.6. The lowest BCUT2D eigenvalue weighted by molar-refractivity contribution is 0.475. The maximum atomic E-state index is 9.59. The molecule has 0 radical (unpaired) electrons. The molecule has 2 aromatic carbocycles. The highest BCUT2D eigenvalue weighted by molar-refractivity contribution is 6.38. The summed E-state index contributed by atoms with van der Waals surface area (Å²) in [7, 11) is 1.96. The zero-order valence-corrected chi connectivity index (χ0v) is 16.0. The third-order valence-corrected chi connectivity index (χ3v) is 4.91. The van der Waals surface area contributed by atoms with Crippen molar-refractivity contribution in [1.82, 2.24) is 9.97 Å². The van der Waals surface area contributed by atoms with Gasteiger partial charge in [0.1, 0.15) is 11.6 Å². The van der Waals surface area contributed by atoms with Crippen LogP contribution in [0.1, 0.15) is 11.1 Å². The fourth-order valence-electron chi connectivity index (χ4n) is 3.08. The fraction of sp³-hybridized carbons (Fsp3) is 0.100. The van der Waals surface area contributed by atoms with Crippen molar-refractivity contribution >= 4 is 52.3 Å². The lowest BCUT2D eigenvalue weighted by Gasteiger charge is -2.27. The molecule has 27 heavy (non-hydrogen) atoms. The van der Waals surface area contributed by atoms with E-state index in [0.717, 1.165) is 22.5 Å². The van der Waals surface area contributed by atoms with Crippen LogP contribution in [-0.2, 0) is 0 Å². The second-order valence-corrected chi connectivity index (χ2v) is 7.08. The van der Waals surface area contributed by atoms with Gasteiger partial charge in [-0.25, -0.2) is 4.98 Å². The lowest BCUT2D eigenvalue weighted by Crippen LogP contribution is -2.25. The summed E-state index contributed by atoms with van der Waals surface area (Å²) in [4.78, 5) is 11.0. The smallest absolute Gasteiger partial charge is 0.229 e. The summed E-state index contributed by atoms with van der Waals surface area (Å²) in [6.45, 7) is 0.624. The molecular formula is C20H16Cl2N4O. The van der Waals surface area contributed by atoms with Crippen molar-refractivity contribution < 1.29 is 5.11 Å². The number of phenolic OH excluding ortho intramolecular Hbond substituents is 1.